The number of nitrogens with two attached hydrogens (primary N) is 1. The Hall–Kier alpha value is -0.570. The zero-order valence-electron chi connectivity index (χ0n) is 9.96. The van der Waals surface area contributed by atoms with Crippen LogP contribution < -0.4 is 5.73 Å². The van der Waals surface area contributed by atoms with Crippen molar-refractivity contribution in [3.63, 3.8) is 0 Å². The fourth-order valence-electron chi connectivity index (χ4n) is 1.24. The standard InChI is InChI=1S/C11H23NO2/c1-6-7-8(2)9(12)10(13)14-11(3,4)5/h8-9H,6-7,12H2,1-5H3. The molecule has 2 atom stereocenters. The van der Waals surface area contributed by atoms with Gasteiger partial charge in [-0.1, -0.05) is 20.3 Å². The lowest BCUT2D eigenvalue weighted by molar-refractivity contribution is -0.157. The van der Waals surface area contributed by atoms with E-state index in [-0.39, 0.29) is 11.9 Å². The average molecular weight is 201 g/mol. The van der Waals surface area contributed by atoms with E-state index < -0.39 is 11.6 Å². The van der Waals surface area contributed by atoms with Crippen LogP contribution in [0.15, 0.2) is 0 Å². The lowest BCUT2D eigenvalue weighted by Gasteiger charge is -2.24. The molecule has 0 rings (SSSR count). The third-order valence-electron chi connectivity index (χ3n) is 2.04. The Balaban J connectivity index is 4.12. The van der Waals surface area contributed by atoms with Crippen molar-refractivity contribution in [3.8, 4) is 0 Å². The molecule has 0 aliphatic carbocycles. The minimum atomic E-state index is -0.492. The van der Waals surface area contributed by atoms with Gasteiger partial charge in [0.1, 0.15) is 11.6 Å². The Labute approximate surface area is 87.0 Å². The van der Waals surface area contributed by atoms with Gasteiger partial charge in [0.15, 0.2) is 0 Å². The number of ether oxygens (including phenoxy) is 1. The second-order valence-electron chi connectivity index (χ2n) is 4.83. The summed E-state index contributed by atoms with van der Waals surface area (Å²) in [6.07, 6.45) is 2.00. The lowest BCUT2D eigenvalue weighted by atomic mass is 9.97. The molecule has 2 unspecified atom stereocenters. The Morgan fingerprint density at radius 1 is 1.43 bits per heavy atom. The van der Waals surface area contributed by atoms with Gasteiger partial charge >= 0.3 is 5.97 Å². The largest absolute Gasteiger partial charge is 0.459 e. The first kappa shape index (κ1) is 13.4. The van der Waals surface area contributed by atoms with Gasteiger partial charge in [0, 0.05) is 0 Å². The van der Waals surface area contributed by atoms with Gasteiger partial charge in [-0.15, -0.1) is 0 Å². The fraction of sp³-hybridized carbons (Fsp3) is 0.909. The summed E-state index contributed by atoms with van der Waals surface area (Å²) >= 11 is 0. The van der Waals surface area contributed by atoms with Gasteiger partial charge in [0.05, 0.1) is 0 Å². The van der Waals surface area contributed by atoms with E-state index in [9.17, 15) is 4.79 Å². The Kier molecular flexibility index (Phi) is 5.13. The van der Waals surface area contributed by atoms with E-state index in [2.05, 4.69) is 6.92 Å². The number of carbonyl (C=O) groups is 1. The van der Waals surface area contributed by atoms with Crippen molar-refractivity contribution in [2.75, 3.05) is 0 Å². The fourth-order valence-corrected chi connectivity index (χ4v) is 1.24. The van der Waals surface area contributed by atoms with Gasteiger partial charge in [-0.25, -0.2) is 0 Å². The van der Waals surface area contributed by atoms with Gasteiger partial charge in [0.25, 0.3) is 0 Å². The maximum absolute atomic E-state index is 11.5. The highest BCUT2D eigenvalue weighted by atomic mass is 16.6. The summed E-state index contributed by atoms with van der Waals surface area (Å²) in [5.74, 6) is -0.103. The average Bonchev–Trinajstić information content (AvgIpc) is 2.00. The van der Waals surface area contributed by atoms with Crippen LogP contribution in [-0.4, -0.2) is 17.6 Å². The van der Waals surface area contributed by atoms with Gasteiger partial charge in [0.2, 0.25) is 0 Å². The minimum absolute atomic E-state index is 0.190. The molecule has 0 amide bonds. The van der Waals surface area contributed by atoms with E-state index in [4.69, 9.17) is 10.5 Å². The number of rotatable bonds is 4. The third-order valence-corrected chi connectivity index (χ3v) is 2.04. The molecule has 84 valence electrons. The number of hydrogen-bond acceptors (Lipinski definition) is 3. The van der Waals surface area contributed by atoms with Gasteiger partial charge in [-0.2, -0.15) is 0 Å². The highest BCUT2D eigenvalue weighted by molar-refractivity contribution is 5.76. The van der Waals surface area contributed by atoms with Gasteiger partial charge < -0.3 is 10.5 Å². The quantitative estimate of drug-likeness (QED) is 0.709. The highest BCUT2D eigenvalue weighted by Crippen LogP contribution is 2.14. The van der Waals surface area contributed by atoms with Crippen LogP contribution in [0.5, 0.6) is 0 Å². The van der Waals surface area contributed by atoms with Crippen molar-refractivity contribution in [3.05, 3.63) is 0 Å². The van der Waals surface area contributed by atoms with E-state index in [0.717, 1.165) is 12.8 Å². The third kappa shape index (κ3) is 5.22. The van der Waals surface area contributed by atoms with Crippen LogP contribution in [0.3, 0.4) is 0 Å². The van der Waals surface area contributed by atoms with E-state index in [1.54, 1.807) is 0 Å². The van der Waals surface area contributed by atoms with Gasteiger partial charge in [-0.3, -0.25) is 4.79 Å². The summed E-state index contributed by atoms with van der Waals surface area (Å²) in [6, 6.07) is -0.492. The smallest absolute Gasteiger partial charge is 0.323 e. The molecular formula is C11H23NO2. The summed E-state index contributed by atoms with van der Waals surface area (Å²) < 4.78 is 5.20. The normalized spacial score (nSPS) is 16.1. The van der Waals surface area contributed by atoms with Crippen LogP contribution in [0.4, 0.5) is 0 Å². The zero-order chi connectivity index (χ0) is 11.4. The molecule has 0 aliphatic heterocycles. The SMILES string of the molecule is CCCC(C)C(N)C(=O)OC(C)(C)C. The van der Waals surface area contributed by atoms with Crippen LogP contribution in [-0.2, 0) is 9.53 Å². The molecule has 0 saturated carbocycles. The molecule has 0 aromatic heterocycles. The van der Waals surface area contributed by atoms with E-state index >= 15 is 0 Å². The summed E-state index contributed by atoms with van der Waals surface area (Å²) in [6.45, 7) is 9.61. The van der Waals surface area contributed by atoms with Crippen molar-refractivity contribution in [2.24, 2.45) is 11.7 Å². The minimum Gasteiger partial charge on any atom is -0.459 e. The Morgan fingerprint density at radius 3 is 2.29 bits per heavy atom. The molecular weight excluding hydrogens is 178 g/mol. The summed E-state index contributed by atoms with van der Waals surface area (Å²) in [7, 11) is 0. The first-order chi connectivity index (χ1) is 6.28. The topological polar surface area (TPSA) is 52.3 Å². The first-order valence-corrected chi connectivity index (χ1v) is 5.26. The van der Waals surface area contributed by atoms with E-state index in [1.165, 1.54) is 0 Å². The van der Waals surface area contributed by atoms with Crippen molar-refractivity contribution in [1.29, 1.82) is 0 Å². The van der Waals surface area contributed by atoms with Crippen LogP contribution in [0.2, 0.25) is 0 Å². The Bertz CT molecular complexity index is 184. The molecule has 0 aromatic carbocycles. The predicted octanol–water partition coefficient (Wildman–Crippen LogP) is 2.09. The lowest BCUT2D eigenvalue weighted by Crippen LogP contribution is -2.41. The maximum atomic E-state index is 11.5. The second kappa shape index (κ2) is 5.35. The zero-order valence-corrected chi connectivity index (χ0v) is 9.96. The molecule has 14 heavy (non-hydrogen) atoms. The highest BCUT2D eigenvalue weighted by Gasteiger charge is 2.25. The summed E-state index contributed by atoms with van der Waals surface area (Å²) in [4.78, 5) is 11.5. The van der Waals surface area contributed by atoms with Crippen LogP contribution >= 0.6 is 0 Å². The summed E-state index contributed by atoms with van der Waals surface area (Å²) in [5.41, 5.74) is 5.34. The summed E-state index contributed by atoms with van der Waals surface area (Å²) in [5, 5.41) is 0. The molecule has 2 N–H and O–H groups in total. The molecule has 0 spiro atoms. The van der Waals surface area contributed by atoms with Crippen molar-refractivity contribution in [1.82, 2.24) is 0 Å². The number of esters is 1. The number of carbonyl (C=O) groups excluding carboxylic acids is 1. The molecule has 0 aliphatic rings. The molecule has 0 aromatic rings. The van der Waals surface area contributed by atoms with E-state index in [1.807, 2.05) is 27.7 Å². The van der Waals surface area contributed by atoms with Crippen molar-refractivity contribution < 1.29 is 9.53 Å². The molecule has 0 saturated heterocycles. The van der Waals surface area contributed by atoms with Gasteiger partial charge in [-0.05, 0) is 33.1 Å². The van der Waals surface area contributed by atoms with Crippen molar-refractivity contribution in [2.45, 2.75) is 59.1 Å². The van der Waals surface area contributed by atoms with Crippen LogP contribution in [0.1, 0.15) is 47.5 Å². The first-order valence-electron chi connectivity index (χ1n) is 5.26. The monoisotopic (exact) mass is 201 g/mol. The second-order valence-corrected chi connectivity index (χ2v) is 4.83. The molecule has 3 heteroatoms. The van der Waals surface area contributed by atoms with E-state index in [0.29, 0.717) is 0 Å². The molecule has 0 heterocycles. The van der Waals surface area contributed by atoms with Crippen LogP contribution in [0, 0.1) is 5.92 Å². The molecule has 0 bridgehead atoms. The Morgan fingerprint density at radius 2 is 1.93 bits per heavy atom. The molecule has 0 radical (unpaired) electrons. The predicted molar refractivity (Wildman–Crippen MR) is 57.9 cm³/mol. The number of hydrogen-bond donors (Lipinski definition) is 1. The molecule has 3 nitrogen and oxygen atoms in total. The maximum Gasteiger partial charge on any atom is 0.323 e. The molecule has 0 fully saturated rings. The van der Waals surface area contributed by atoms with Crippen molar-refractivity contribution >= 4 is 5.97 Å². The van der Waals surface area contributed by atoms with Crippen LogP contribution in [0.25, 0.3) is 0 Å².